The van der Waals surface area contributed by atoms with E-state index in [1.807, 2.05) is 0 Å². The van der Waals surface area contributed by atoms with Crippen molar-refractivity contribution in [2.75, 3.05) is 18.1 Å². The van der Waals surface area contributed by atoms with Gasteiger partial charge in [0, 0.05) is 31.3 Å². The van der Waals surface area contributed by atoms with Gasteiger partial charge in [-0.2, -0.15) is 0 Å². The second kappa shape index (κ2) is 6.59. The van der Waals surface area contributed by atoms with Crippen molar-refractivity contribution in [1.82, 2.24) is 9.97 Å². The number of fused-ring (bicyclic) bond motifs is 1. The molecule has 1 unspecified atom stereocenters. The highest BCUT2D eigenvalue weighted by molar-refractivity contribution is 5.75. The minimum atomic E-state index is -0.892. The summed E-state index contributed by atoms with van der Waals surface area (Å²) in [5, 5.41) is 0. The number of halogens is 2. The van der Waals surface area contributed by atoms with Crippen LogP contribution in [-0.4, -0.2) is 35.3 Å². The van der Waals surface area contributed by atoms with Gasteiger partial charge in [-0.1, -0.05) is 12.8 Å². The highest BCUT2D eigenvalue weighted by Crippen LogP contribution is 2.29. The van der Waals surface area contributed by atoms with Gasteiger partial charge in [0.15, 0.2) is 11.6 Å². The van der Waals surface area contributed by atoms with E-state index in [2.05, 4.69) is 14.9 Å². The lowest BCUT2D eigenvalue weighted by Crippen LogP contribution is -2.39. The lowest BCUT2D eigenvalue weighted by atomic mass is 10.1. The average molecular weight is 333 g/mol. The van der Waals surface area contributed by atoms with Crippen molar-refractivity contribution in [3.8, 4) is 0 Å². The monoisotopic (exact) mass is 333 g/mol. The topological polar surface area (TPSA) is 38.2 Å². The molecule has 2 aliphatic rings. The van der Waals surface area contributed by atoms with Crippen LogP contribution in [0.4, 0.5) is 14.6 Å². The van der Waals surface area contributed by atoms with Gasteiger partial charge in [-0.15, -0.1) is 0 Å². The van der Waals surface area contributed by atoms with Crippen molar-refractivity contribution in [2.45, 2.75) is 50.7 Å². The van der Waals surface area contributed by atoms with E-state index in [0.717, 1.165) is 56.8 Å². The van der Waals surface area contributed by atoms with Gasteiger partial charge in [0.25, 0.3) is 0 Å². The first kappa shape index (κ1) is 15.7. The maximum Gasteiger partial charge on any atom is 0.161 e. The van der Waals surface area contributed by atoms with Crippen LogP contribution in [0.3, 0.4) is 0 Å². The Morgan fingerprint density at radius 3 is 2.50 bits per heavy atom. The van der Waals surface area contributed by atoms with Crippen molar-refractivity contribution >= 4 is 16.9 Å². The molecule has 1 saturated carbocycles. The van der Waals surface area contributed by atoms with Crippen LogP contribution in [-0.2, 0) is 4.74 Å². The highest BCUT2D eigenvalue weighted by Gasteiger charge is 2.28. The fourth-order valence-electron chi connectivity index (χ4n) is 3.79. The molecule has 4 nitrogen and oxygen atoms in total. The van der Waals surface area contributed by atoms with E-state index in [1.165, 1.54) is 12.8 Å². The van der Waals surface area contributed by atoms with Crippen LogP contribution in [0.15, 0.2) is 18.3 Å². The number of hydrogen-bond acceptors (Lipinski definition) is 4. The van der Waals surface area contributed by atoms with Crippen LogP contribution < -0.4 is 4.90 Å². The molecular formula is C18H21F2N3O. The van der Waals surface area contributed by atoms with Crippen LogP contribution in [0.25, 0.3) is 11.0 Å². The van der Waals surface area contributed by atoms with Gasteiger partial charge in [0.05, 0.1) is 23.3 Å². The van der Waals surface area contributed by atoms with E-state index >= 15 is 0 Å². The molecule has 2 aromatic rings. The first-order chi connectivity index (χ1) is 11.7. The van der Waals surface area contributed by atoms with Crippen LogP contribution in [0, 0.1) is 11.6 Å². The predicted molar refractivity (Wildman–Crippen MR) is 88.0 cm³/mol. The lowest BCUT2D eigenvalue weighted by molar-refractivity contribution is 0.114. The summed E-state index contributed by atoms with van der Waals surface area (Å²) in [5.41, 5.74) is 0.767. The average Bonchev–Trinajstić information content (AvgIpc) is 3.27. The molecule has 0 amide bonds. The Morgan fingerprint density at radius 2 is 1.79 bits per heavy atom. The molecule has 128 valence electrons. The lowest BCUT2D eigenvalue weighted by Gasteiger charge is -2.32. The third kappa shape index (κ3) is 3.07. The molecule has 0 radical (unpaired) electrons. The van der Waals surface area contributed by atoms with Gasteiger partial charge in [-0.25, -0.2) is 13.8 Å². The number of anilines is 1. The smallest absolute Gasteiger partial charge is 0.161 e. The number of ether oxygens (including phenoxy) is 1. The van der Waals surface area contributed by atoms with Crippen LogP contribution >= 0.6 is 0 Å². The van der Waals surface area contributed by atoms with Crippen molar-refractivity contribution in [3.05, 3.63) is 30.0 Å². The fraction of sp³-hybridized carbons (Fsp3) is 0.556. The van der Waals surface area contributed by atoms with Crippen molar-refractivity contribution in [1.29, 1.82) is 0 Å². The molecule has 1 atom stereocenters. The van der Waals surface area contributed by atoms with E-state index in [0.29, 0.717) is 17.1 Å². The Bertz CT molecular complexity index is 728. The Kier molecular flexibility index (Phi) is 4.31. The Balaban J connectivity index is 1.67. The van der Waals surface area contributed by atoms with Crippen molar-refractivity contribution in [3.63, 3.8) is 0 Å². The molecule has 4 rings (SSSR count). The quantitative estimate of drug-likeness (QED) is 0.852. The zero-order valence-corrected chi connectivity index (χ0v) is 13.5. The van der Waals surface area contributed by atoms with Crippen LogP contribution in [0.5, 0.6) is 0 Å². The normalized spacial score (nSPS) is 21.7. The summed E-state index contributed by atoms with van der Waals surface area (Å²) in [4.78, 5) is 11.1. The molecule has 2 fully saturated rings. The summed E-state index contributed by atoms with van der Waals surface area (Å²) in [6, 6.07) is 2.65. The van der Waals surface area contributed by atoms with Crippen molar-refractivity contribution in [2.24, 2.45) is 0 Å². The largest absolute Gasteiger partial charge is 0.376 e. The second-order valence-corrected chi connectivity index (χ2v) is 6.71. The molecule has 0 N–H and O–H groups in total. The molecule has 24 heavy (non-hydrogen) atoms. The van der Waals surface area contributed by atoms with Gasteiger partial charge in [-0.05, 0) is 25.7 Å². The molecule has 1 saturated heterocycles. The molecule has 1 aromatic carbocycles. The Hall–Kier alpha value is -1.82. The summed E-state index contributed by atoms with van der Waals surface area (Å²) in [5.74, 6) is -1.05. The van der Waals surface area contributed by atoms with Crippen LogP contribution in [0.1, 0.15) is 38.5 Å². The molecule has 1 aromatic heterocycles. The van der Waals surface area contributed by atoms with E-state index < -0.39 is 11.6 Å². The second-order valence-electron chi connectivity index (χ2n) is 6.71. The number of aromatic nitrogens is 2. The standard InChI is InChI=1S/C18H21F2N3O/c19-14-8-16-17(9-15(14)20)22-18(10-21-16)23(12-4-1-2-5-12)11-13-6-3-7-24-13/h8-10,12-13H,1-7,11H2. The maximum atomic E-state index is 13.5. The maximum absolute atomic E-state index is 13.5. The molecule has 2 heterocycles. The molecular weight excluding hydrogens is 312 g/mol. The van der Waals surface area contributed by atoms with Gasteiger partial charge in [-0.3, -0.25) is 4.98 Å². The number of nitrogens with zero attached hydrogens (tertiary/aromatic N) is 3. The predicted octanol–water partition coefficient (Wildman–Crippen LogP) is 3.84. The minimum Gasteiger partial charge on any atom is -0.376 e. The van der Waals surface area contributed by atoms with Gasteiger partial charge in [0.2, 0.25) is 0 Å². The van der Waals surface area contributed by atoms with Gasteiger partial charge < -0.3 is 9.64 Å². The van der Waals surface area contributed by atoms with E-state index in [1.54, 1.807) is 6.20 Å². The summed E-state index contributed by atoms with van der Waals surface area (Å²) < 4.78 is 32.7. The third-order valence-corrected chi connectivity index (χ3v) is 5.06. The highest BCUT2D eigenvalue weighted by atomic mass is 19.2. The number of rotatable bonds is 4. The Labute approximate surface area is 139 Å². The first-order valence-electron chi connectivity index (χ1n) is 8.71. The summed E-state index contributed by atoms with van der Waals surface area (Å²) in [6.45, 7) is 1.60. The molecule has 1 aliphatic heterocycles. The minimum absolute atomic E-state index is 0.216. The van der Waals surface area contributed by atoms with Gasteiger partial charge in [0.1, 0.15) is 5.82 Å². The zero-order valence-electron chi connectivity index (χ0n) is 13.5. The molecule has 6 heteroatoms. The van der Waals surface area contributed by atoms with E-state index in [9.17, 15) is 8.78 Å². The number of benzene rings is 1. The summed E-state index contributed by atoms with van der Waals surface area (Å²) in [6.07, 6.45) is 8.73. The van der Waals surface area contributed by atoms with Gasteiger partial charge >= 0.3 is 0 Å². The third-order valence-electron chi connectivity index (χ3n) is 5.06. The van der Waals surface area contributed by atoms with Crippen molar-refractivity contribution < 1.29 is 13.5 Å². The first-order valence-corrected chi connectivity index (χ1v) is 8.71. The Morgan fingerprint density at radius 1 is 1.04 bits per heavy atom. The molecule has 0 bridgehead atoms. The SMILES string of the molecule is Fc1cc2ncc(N(CC3CCCO3)C3CCCC3)nc2cc1F. The van der Waals surface area contributed by atoms with Crippen LogP contribution in [0.2, 0.25) is 0 Å². The zero-order chi connectivity index (χ0) is 16.5. The molecule has 1 aliphatic carbocycles. The summed E-state index contributed by atoms with van der Waals surface area (Å²) in [7, 11) is 0. The molecule has 0 spiro atoms. The summed E-state index contributed by atoms with van der Waals surface area (Å²) >= 11 is 0. The van der Waals surface area contributed by atoms with E-state index in [-0.39, 0.29) is 6.10 Å². The van der Waals surface area contributed by atoms with E-state index in [4.69, 9.17) is 4.74 Å². The fourth-order valence-corrected chi connectivity index (χ4v) is 3.79. The number of hydrogen-bond donors (Lipinski definition) is 0.